The number of hydrogen-bond acceptors (Lipinski definition) is 6. The van der Waals surface area contributed by atoms with Gasteiger partial charge in [-0.25, -0.2) is 4.39 Å². The van der Waals surface area contributed by atoms with E-state index in [9.17, 15) is 24.1 Å². The lowest BCUT2D eigenvalue weighted by atomic mass is 10.1. The number of hydrogen-bond donors (Lipinski definition) is 0. The summed E-state index contributed by atoms with van der Waals surface area (Å²) in [6, 6.07) is 9.15. The monoisotopic (exact) mass is 457 g/mol. The van der Waals surface area contributed by atoms with Gasteiger partial charge in [0.2, 0.25) is 5.75 Å². The van der Waals surface area contributed by atoms with E-state index in [1.807, 2.05) is 13.8 Å². The quantitative estimate of drug-likeness (QED) is 0.357. The van der Waals surface area contributed by atoms with E-state index in [-0.39, 0.29) is 46.6 Å². The third kappa shape index (κ3) is 5.73. The lowest BCUT2D eigenvalue weighted by Crippen LogP contribution is -2.58. The predicted octanol–water partition coefficient (Wildman–Crippen LogP) is 3.75. The Labute approximate surface area is 192 Å². The summed E-state index contributed by atoms with van der Waals surface area (Å²) in [5.74, 6) is -1.14. The van der Waals surface area contributed by atoms with Crippen LogP contribution in [0.2, 0.25) is 0 Å². The van der Waals surface area contributed by atoms with Crippen LogP contribution in [0.25, 0.3) is 0 Å². The number of nitrogens with zero attached hydrogens (tertiary/aromatic N) is 3. The second-order valence-corrected chi connectivity index (χ2v) is 8.56. The lowest BCUT2D eigenvalue weighted by Gasteiger charge is -2.44. The highest BCUT2D eigenvalue weighted by Crippen LogP contribution is 2.33. The molecule has 0 saturated carbocycles. The number of Topliss-reactive ketones (excluding diaryl/α,β-unsaturated/α-hetero) is 1. The van der Waals surface area contributed by atoms with Crippen molar-refractivity contribution in [3.63, 3.8) is 0 Å². The highest BCUT2D eigenvalue weighted by atomic mass is 19.1. The Hall–Kier alpha value is -3.33. The topological polar surface area (TPSA) is 93.0 Å². The van der Waals surface area contributed by atoms with Crippen molar-refractivity contribution in [3.8, 4) is 5.75 Å². The van der Waals surface area contributed by atoms with Crippen LogP contribution in [0.3, 0.4) is 0 Å². The molecule has 1 aliphatic heterocycles. The number of ether oxygens (including phenoxy) is 1. The predicted molar refractivity (Wildman–Crippen MR) is 121 cm³/mol. The Bertz CT molecular complexity index is 1020. The average Bonchev–Trinajstić information content (AvgIpc) is 2.75. The zero-order valence-corrected chi connectivity index (χ0v) is 19.2. The largest absolute Gasteiger partial charge is 0.476 e. The van der Waals surface area contributed by atoms with Crippen molar-refractivity contribution in [3.05, 3.63) is 69.0 Å². The molecule has 0 unspecified atom stereocenters. The summed E-state index contributed by atoms with van der Waals surface area (Å²) in [6.45, 7) is 8.21. The fourth-order valence-corrected chi connectivity index (χ4v) is 4.11. The number of carbonyl (C=O) groups is 2. The van der Waals surface area contributed by atoms with Gasteiger partial charge >= 0.3 is 5.69 Å². The lowest BCUT2D eigenvalue weighted by molar-refractivity contribution is -0.385. The molecule has 0 radical (unpaired) electrons. The van der Waals surface area contributed by atoms with E-state index in [1.54, 1.807) is 24.0 Å². The molecule has 8 nitrogen and oxygen atoms in total. The highest BCUT2D eigenvalue weighted by Gasteiger charge is 2.33. The normalized spacial score (nSPS) is 18.8. The molecule has 0 aliphatic carbocycles. The van der Waals surface area contributed by atoms with Crippen molar-refractivity contribution in [2.45, 2.75) is 46.3 Å². The van der Waals surface area contributed by atoms with Crippen molar-refractivity contribution < 1.29 is 23.6 Å². The first-order valence-electron chi connectivity index (χ1n) is 10.8. The molecule has 2 aromatic carbocycles. The molecule has 33 heavy (non-hydrogen) atoms. The van der Waals surface area contributed by atoms with Crippen LogP contribution in [0.1, 0.15) is 42.3 Å². The molecule has 1 saturated heterocycles. The smallest absolute Gasteiger partial charge is 0.311 e. The Kier molecular flexibility index (Phi) is 7.43. The Morgan fingerprint density at radius 1 is 1.15 bits per heavy atom. The van der Waals surface area contributed by atoms with Crippen molar-refractivity contribution in [2.75, 3.05) is 19.7 Å². The SMILES string of the molecule is CC(=O)c1cc(C)cc([N+](=O)[O-])c1OCC(=O)N1C[C@H](C)N(Cc2ccc(F)cc2)C[C@H]1C. The van der Waals surface area contributed by atoms with Crippen LogP contribution in [0.5, 0.6) is 5.75 Å². The minimum absolute atomic E-state index is 0.0525. The maximum absolute atomic E-state index is 13.2. The molecule has 176 valence electrons. The average molecular weight is 458 g/mol. The molecule has 0 spiro atoms. The molecular weight excluding hydrogens is 429 g/mol. The number of carbonyl (C=O) groups excluding carboxylic acids is 2. The van der Waals surface area contributed by atoms with Gasteiger partial charge in [-0.3, -0.25) is 24.6 Å². The van der Waals surface area contributed by atoms with Gasteiger partial charge in [-0.05, 0) is 57.0 Å². The molecule has 1 fully saturated rings. The summed E-state index contributed by atoms with van der Waals surface area (Å²) in [7, 11) is 0. The maximum atomic E-state index is 13.2. The molecule has 1 aliphatic rings. The second kappa shape index (κ2) is 10.1. The van der Waals surface area contributed by atoms with Gasteiger partial charge in [-0.1, -0.05) is 12.1 Å². The van der Waals surface area contributed by atoms with Crippen LogP contribution in [0.15, 0.2) is 36.4 Å². The summed E-state index contributed by atoms with van der Waals surface area (Å²) < 4.78 is 18.7. The van der Waals surface area contributed by atoms with Crippen molar-refractivity contribution in [1.29, 1.82) is 0 Å². The summed E-state index contributed by atoms with van der Waals surface area (Å²) in [4.78, 5) is 39.8. The zero-order valence-electron chi connectivity index (χ0n) is 19.2. The van der Waals surface area contributed by atoms with Crippen LogP contribution in [-0.2, 0) is 11.3 Å². The van der Waals surface area contributed by atoms with Crippen molar-refractivity contribution in [2.24, 2.45) is 0 Å². The van der Waals surface area contributed by atoms with Crippen LogP contribution < -0.4 is 4.74 Å². The van der Waals surface area contributed by atoms with Crippen LogP contribution in [-0.4, -0.2) is 58.2 Å². The summed E-state index contributed by atoms with van der Waals surface area (Å²) in [5, 5.41) is 11.5. The van der Waals surface area contributed by atoms with Crippen LogP contribution in [0, 0.1) is 22.9 Å². The first-order chi connectivity index (χ1) is 15.6. The number of nitro groups is 1. The highest BCUT2D eigenvalue weighted by molar-refractivity contribution is 5.98. The molecule has 1 heterocycles. The fraction of sp³-hybridized carbons (Fsp3) is 0.417. The van der Waals surface area contributed by atoms with E-state index in [2.05, 4.69) is 4.90 Å². The molecule has 0 N–H and O–H groups in total. The Morgan fingerprint density at radius 3 is 2.42 bits per heavy atom. The van der Waals surface area contributed by atoms with E-state index in [0.717, 1.165) is 5.56 Å². The Balaban J connectivity index is 1.69. The van der Waals surface area contributed by atoms with E-state index >= 15 is 0 Å². The fourth-order valence-electron chi connectivity index (χ4n) is 4.11. The number of halogens is 1. The first-order valence-corrected chi connectivity index (χ1v) is 10.8. The third-order valence-electron chi connectivity index (χ3n) is 5.86. The number of nitro benzene ring substituents is 1. The molecular formula is C24H28FN3O5. The second-order valence-electron chi connectivity index (χ2n) is 8.56. The van der Waals surface area contributed by atoms with E-state index in [0.29, 0.717) is 25.2 Å². The number of amides is 1. The van der Waals surface area contributed by atoms with Gasteiger partial charge in [0.15, 0.2) is 12.4 Å². The van der Waals surface area contributed by atoms with Gasteiger partial charge in [0.1, 0.15) is 5.82 Å². The van der Waals surface area contributed by atoms with Crippen molar-refractivity contribution in [1.82, 2.24) is 9.80 Å². The van der Waals surface area contributed by atoms with Gasteiger partial charge < -0.3 is 9.64 Å². The maximum Gasteiger partial charge on any atom is 0.311 e. The summed E-state index contributed by atoms with van der Waals surface area (Å²) in [6.07, 6.45) is 0. The summed E-state index contributed by atoms with van der Waals surface area (Å²) >= 11 is 0. The summed E-state index contributed by atoms with van der Waals surface area (Å²) in [5.41, 5.74) is 1.30. The molecule has 0 aromatic heterocycles. The van der Waals surface area contributed by atoms with Gasteiger partial charge in [-0.15, -0.1) is 0 Å². The molecule has 3 rings (SSSR count). The minimum atomic E-state index is -0.613. The molecule has 1 amide bonds. The van der Waals surface area contributed by atoms with Crippen LogP contribution in [0.4, 0.5) is 10.1 Å². The van der Waals surface area contributed by atoms with E-state index in [4.69, 9.17) is 4.74 Å². The van der Waals surface area contributed by atoms with E-state index in [1.165, 1.54) is 31.2 Å². The minimum Gasteiger partial charge on any atom is -0.476 e. The van der Waals surface area contributed by atoms with Gasteiger partial charge in [-0.2, -0.15) is 0 Å². The number of rotatable bonds is 7. The molecule has 0 bridgehead atoms. The number of benzene rings is 2. The standard InChI is InChI=1S/C24H28FN3O5/c1-15-9-21(18(4)29)24(22(10-15)28(31)32)33-14-23(30)27-12-16(2)26(11-17(27)3)13-19-5-7-20(25)8-6-19/h5-10,16-17H,11-14H2,1-4H3/t16-,17+/m0/s1. The van der Waals surface area contributed by atoms with Crippen molar-refractivity contribution >= 4 is 17.4 Å². The molecule has 2 atom stereocenters. The zero-order chi connectivity index (χ0) is 24.3. The number of piperazine rings is 1. The molecule has 9 heteroatoms. The van der Waals surface area contributed by atoms with E-state index < -0.39 is 11.5 Å². The number of ketones is 1. The first kappa shape index (κ1) is 24.3. The Morgan fingerprint density at radius 2 is 1.82 bits per heavy atom. The molecule has 2 aromatic rings. The third-order valence-corrected chi connectivity index (χ3v) is 5.86. The number of aryl methyl sites for hydroxylation is 1. The van der Waals surface area contributed by atoms with Gasteiger partial charge in [0.05, 0.1) is 10.5 Å². The van der Waals surface area contributed by atoms with Gasteiger partial charge in [0, 0.05) is 37.8 Å². The van der Waals surface area contributed by atoms with Crippen LogP contribution >= 0.6 is 0 Å². The van der Waals surface area contributed by atoms with Gasteiger partial charge in [0.25, 0.3) is 5.91 Å².